The molecule has 13 aliphatic rings. The first-order valence-electron chi connectivity index (χ1n) is 26.3. The van der Waals surface area contributed by atoms with Crippen LogP contribution in [0.2, 0.25) is 44.5 Å². The van der Waals surface area contributed by atoms with Crippen molar-refractivity contribution >= 4 is 88.3 Å². The lowest BCUT2D eigenvalue weighted by molar-refractivity contribution is 0.0375. The van der Waals surface area contributed by atoms with Crippen LogP contribution >= 0.6 is 0 Å². The maximum atomic E-state index is 8.95. The van der Waals surface area contributed by atoms with Crippen molar-refractivity contribution in [3.05, 3.63) is 36.4 Å². The molecule has 6 saturated heterocycles. The zero-order valence-electron chi connectivity index (χ0n) is 37.7. The van der Waals surface area contributed by atoms with Crippen LogP contribution in [-0.2, 0) is 41.2 Å². The fourth-order valence-electron chi connectivity index (χ4n) is 15.4. The molecule has 6 aliphatic heterocycles. The minimum atomic E-state index is -4.05. The second kappa shape index (κ2) is 16.3. The van der Waals surface area contributed by atoms with E-state index < -0.39 is 68.5 Å². The second-order valence-corrected chi connectivity index (χ2v) is 56.3. The van der Waals surface area contributed by atoms with Crippen LogP contribution in [0, 0.1) is 0 Å². The van der Waals surface area contributed by atoms with E-state index in [1.807, 2.05) is 6.08 Å². The fourth-order valence-corrected chi connectivity index (χ4v) is 98.7. The van der Waals surface area contributed by atoms with E-state index in [4.69, 9.17) is 41.2 Å². The van der Waals surface area contributed by atoms with Crippen molar-refractivity contribution in [1.29, 1.82) is 0 Å². The molecule has 13 fully saturated rings. The first-order valence-corrected chi connectivity index (χ1v) is 44.4. The molecule has 0 amide bonds. The Labute approximate surface area is 387 Å². The Morgan fingerprint density at radius 1 is 0.381 bits per heavy atom. The van der Waals surface area contributed by atoms with Crippen LogP contribution in [0.4, 0.5) is 0 Å². The van der Waals surface area contributed by atoms with Crippen LogP contribution in [-0.4, -0.2) is 77.1 Å². The highest BCUT2D eigenvalue weighted by Crippen LogP contribution is 2.66. The third kappa shape index (κ3) is 6.95. The summed E-state index contributed by atoms with van der Waals surface area (Å²) in [6, 6.07) is 8.89. The maximum absolute atomic E-state index is 8.95. The Kier molecular flexibility index (Phi) is 11.3. The molecule has 0 spiro atoms. The van der Waals surface area contributed by atoms with Crippen LogP contribution in [0.1, 0.15) is 185 Å². The quantitative estimate of drug-likeness (QED) is 0.223. The number of hydrogen-bond acceptors (Lipinski definition) is 10. The molecule has 0 aromatic heterocycles. The molecule has 8 bridgehead atoms. The SMILES string of the molecule is C=Cc1ccc([Si]23O[Si]4(C5CCCC5)O[Si]5(C6CCCC6)C[Si]6(C7CCCC7)O[Si](C7CCCC7)(O4)O[Si](C4CCCC4)(O2)[Si][Si](C2CCCC2)(O6)O[Si](C2CCCC2)(O3)O5)cc1. The maximum Gasteiger partial charge on any atom is 0.513 e. The van der Waals surface area contributed by atoms with Gasteiger partial charge in [-0.2, -0.15) is 0 Å². The van der Waals surface area contributed by atoms with Gasteiger partial charge in [0.25, 0.3) is 0 Å². The van der Waals surface area contributed by atoms with Crippen LogP contribution < -0.4 is 5.19 Å². The van der Waals surface area contributed by atoms with Crippen LogP contribution in [0.5, 0.6) is 0 Å². The highest BCUT2D eigenvalue weighted by Gasteiger charge is 2.86. The summed E-state index contributed by atoms with van der Waals surface area (Å²) in [6.07, 6.45) is 34.2. The lowest BCUT2D eigenvalue weighted by Gasteiger charge is -2.68. The predicted molar refractivity (Wildman–Crippen MR) is 259 cm³/mol. The number of hydrogen-bond donors (Lipinski definition) is 0. The van der Waals surface area contributed by atoms with Crippen molar-refractivity contribution in [2.24, 2.45) is 0 Å². The highest BCUT2D eigenvalue weighted by atomic mass is 29.6. The average molecular weight is 1010 g/mol. The minimum Gasteiger partial charge on any atom is -0.418 e. The summed E-state index contributed by atoms with van der Waals surface area (Å²) >= 11 is 0. The van der Waals surface area contributed by atoms with Crippen molar-refractivity contribution in [2.75, 3.05) is 0 Å². The molecule has 1 aromatic carbocycles. The zero-order chi connectivity index (χ0) is 42.0. The van der Waals surface area contributed by atoms with Gasteiger partial charge in [0.1, 0.15) is 0 Å². The molecule has 19 heteroatoms. The Morgan fingerprint density at radius 2 is 0.730 bits per heavy atom. The van der Waals surface area contributed by atoms with Gasteiger partial charge in [-0.3, -0.25) is 0 Å². The molecule has 0 N–H and O–H groups in total. The van der Waals surface area contributed by atoms with Gasteiger partial charge < -0.3 is 41.2 Å². The Bertz CT molecular complexity index is 1700. The van der Waals surface area contributed by atoms with Gasteiger partial charge in [-0.1, -0.05) is 127 Å². The van der Waals surface area contributed by atoms with Gasteiger partial charge in [0.05, 0.1) is 0 Å². The van der Waals surface area contributed by atoms with Gasteiger partial charge in [0, 0.05) is 38.6 Å². The minimum absolute atomic E-state index is 0.130. The van der Waals surface area contributed by atoms with E-state index in [0.29, 0.717) is 25.2 Å². The Balaban J connectivity index is 1.15. The molecule has 7 aliphatic carbocycles. The molecular formula is C44H72O10Si9. The molecule has 7 saturated carbocycles. The van der Waals surface area contributed by atoms with Gasteiger partial charge >= 0.3 is 68.5 Å². The first-order chi connectivity index (χ1) is 30.8. The van der Waals surface area contributed by atoms with Crippen molar-refractivity contribution in [3.8, 4) is 0 Å². The molecule has 6 heterocycles. The largest absolute Gasteiger partial charge is 0.513 e. The molecule has 344 valence electrons. The van der Waals surface area contributed by atoms with Crippen molar-refractivity contribution in [3.63, 3.8) is 0 Å². The van der Waals surface area contributed by atoms with Gasteiger partial charge in [-0.25, -0.2) is 0 Å². The summed E-state index contributed by atoms with van der Waals surface area (Å²) in [5, 5.41) is 1.01. The van der Waals surface area contributed by atoms with E-state index in [9.17, 15) is 0 Å². The van der Waals surface area contributed by atoms with Crippen LogP contribution in [0.25, 0.3) is 6.08 Å². The molecule has 8 unspecified atom stereocenters. The second-order valence-electron chi connectivity index (χ2n) is 22.3. The summed E-state index contributed by atoms with van der Waals surface area (Å²) in [7, 11) is -28.3. The summed E-state index contributed by atoms with van der Waals surface area (Å²) < 4.78 is 87.4. The van der Waals surface area contributed by atoms with Gasteiger partial charge in [0.15, 0.2) is 8.55 Å². The van der Waals surface area contributed by atoms with E-state index in [1.165, 1.54) is 77.0 Å². The predicted octanol–water partition coefficient (Wildman–Crippen LogP) is 11.1. The summed E-state index contributed by atoms with van der Waals surface area (Å²) in [5.74, 6) is 0. The lowest BCUT2D eigenvalue weighted by Crippen LogP contribution is -2.92. The van der Waals surface area contributed by atoms with E-state index in [2.05, 4.69) is 30.8 Å². The van der Waals surface area contributed by atoms with Crippen LogP contribution in [0.3, 0.4) is 0 Å². The normalized spacial score (nSPS) is 46.9. The first kappa shape index (κ1) is 43.5. The van der Waals surface area contributed by atoms with E-state index in [1.54, 1.807) is 0 Å². The lowest BCUT2D eigenvalue weighted by atomic mass is 10.2. The monoisotopic (exact) mass is 1010 g/mol. The molecule has 10 nitrogen and oxygen atoms in total. The topological polar surface area (TPSA) is 92.3 Å². The van der Waals surface area contributed by atoms with E-state index in [-0.39, 0.29) is 22.2 Å². The number of rotatable bonds is 9. The van der Waals surface area contributed by atoms with Crippen LogP contribution in [0.15, 0.2) is 30.8 Å². The van der Waals surface area contributed by atoms with Crippen molar-refractivity contribution in [1.82, 2.24) is 0 Å². The Morgan fingerprint density at radius 3 is 1.16 bits per heavy atom. The number of benzene rings is 1. The highest BCUT2D eigenvalue weighted by molar-refractivity contribution is 7.51. The Hall–Kier alpha value is 0.512. The molecule has 63 heavy (non-hydrogen) atoms. The van der Waals surface area contributed by atoms with E-state index >= 15 is 0 Å². The average Bonchev–Trinajstić information content (AvgIpc) is 4.12. The van der Waals surface area contributed by atoms with Crippen molar-refractivity contribution in [2.45, 2.75) is 224 Å². The molecule has 1 aromatic rings. The fraction of sp³-hybridized carbons (Fsp3) is 0.818. The molecule has 14 rings (SSSR count). The smallest absolute Gasteiger partial charge is 0.418 e. The zero-order valence-corrected chi connectivity index (χ0v) is 46.7. The van der Waals surface area contributed by atoms with E-state index in [0.717, 1.165) is 119 Å². The van der Waals surface area contributed by atoms with Gasteiger partial charge in [-0.05, 0) is 107 Å². The van der Waals surface area contributed by atoms with Gasteiger partial charge in [0.2, 0.25) is 0 Å². The molecule has 2 radical (unpaired) electrons. The standard InChI is InChI=1S/C44H72O10Si9/c1-2-36-31-33-42(34-32-36)61-50-58(39-21-7-8-22-39)45-56(37-17-3-4-18-37)35-57(38-19-5-6-20-38)47-60(49-58,41-25-11-12-26-41)53-63(54-61,44-29-15-16-30-44)55-62(48-57,43-27-13-14-28-43)52-59(46-56,51-61)40-23-9-10-24-40/h2,31-34,37-41,43-44H,1,3-30,35H2. The third-order valence-corrected chi connectivity index (χ3v) is 74.3. The summed E-state index contributed by atoms with van der Waals surface area (Å²) in [6.45, 7) is 4.17. The summed E-state index contributed by atoms with van der Waals surface area (Å²) in [4.78, 5) is 0. The molecular weight excluding hydrogens is 941 g/mol. The summed E-state index contributed by atoms with van der Waals surface area (Å²) in [5.41, 5.74) is 3.75. The van der Waals surface area contributed by atoms with Gasteiger partial charge in [-0.15, -0.1) is 0 Å². The third-order valence-electron chi connectivity index (χ3n) is 18.6. The van der Waals surface area contributed by atoms with Crippen molar-refractivity contribution < 1.29 is 41.2 Å². The molecule has 8 atom stereocenters.